The Labute approximate surface area is 92.9 Å². The third-order valence-corrected chi connectivity index (χ3v) is 2.02. The lowest BCUT2D eigenvalue weighted by molar-refractivity contribution is 0.377. The third-order valence-electron chi connectivity index (χ3n) is 2.02. The molecule has 0 aliphatic heterocycles. The Morgan fingerprint density at radius 3 is 2.94 bits per heavy atom. The lowest BCUT2D eigenvalue weighted by Crippen LogP contribution is -2.05. The van der Waals surface area contributed by atoms with Crippen molar-refractivity contribution < 1.29 is 4.52 Å². The summed E-state index contributed by atoms with van der Waals surface area (Å²) < 4.78 is 4.98. The van der Waals surface area contributed by atoms with E-state index in [1.54, 1.807) is 19.2 Å². The predicted molar refractivity (Wildman–Crippen MR) is 59.9 cm³/mol. The fourth-order valence-electron chi connectivity index (χ4n) is 1.27. The van der Waals surface area contributed by atoms with Gasteiger partial charge in [-0.25, -0.2) is 4.98 Å². The van der Waals surface area contributed by atoms with Crippen molar-refractivity contribution in [3.05, 3.63) is 30.0 Å². The fraction of sp³-hybridized carbons (Fsp3) is 0.300. The van der Waals surface area contributed by atoms with E-state index in [9.17, 15) is 0 Å². The van der Waals surface area contributed by atoms with Crippen molar-refractivity contribution in [3.8, 4) is 0 Å². The molecule has 16 heavy (non-hydrogen) atoms. The van der Waals surface area contributed by atoms with Gasteiger partial charge in [0.2, 0.25) is 5.89 Å². The van der Waals surface area contributed by atoms with Crippen molar-refractivity contribution in [2.24, 2.45) is 0 Å². The van der Waals surface area contributed by atoms with Gasteiger partial charge in [-0.1, -0.05) is 5.16 Å². The zero-order valence-electron chi connectivity index (χ0n) is 8.97. The Morgan fingerprint density at radius 1 is 1.44 bits per heavy atom. The SMILES string of the molecule is Cc1noc(CCNc2ccc(N)nc2)n1. The number of pyridine rings is 1. The monoisotopic (exact) mass is 219 g/mol. The molecule has 0 radical (unpaired) electrons. The summed E-state index contributed by atoms with van der Waals surface area (Å²) in [6.07, 6.45) is 2.37. The van der Waals surface area contributed by atoms with E-state index in [1.165, 1.54) is 0 Å². The summed E-state index contributed by atoms with van der Waals surface area (Å²) in [5.74, 6) is 1.80. The molecule has 0 saturated heterocycles. The van der Waals surface area contributed by atoms with Crippen LogP contribution in [0.25, 0.3) is 0 Å². The minimum absolute atomic E-state index is 0.512. The van der Waals surface area contributed by atoms with Gasteiger partial charge in [0.25, 0.3) is 0 Å². The first-order chi connectivity index (χ1) is 7.74. The summed E-state index contributed by atoms with van der Waals surface area (Å²) >= 11 is 0. The lowest BCUT2D eigenvalue weighted by atomic mass is 10.3. The Hall–Kier alpha value is -2.11. The van der Waals surface area contributed by atoms with Crippen molar-refractivity contribution in [1.29, 1.82) is 0 Å². The summed E-state index contributed by atoms with van der Waals surface area (Å²) in [4.78, 5) is 8.08. The van der Waals surface area contributed by atoms with E-state index >= 15 is 0 Å². The first kappa shape index (κ1) is 10.4. The minimum Gasteiger partial charge on any atom is -0.384 e. The standard InChI is InChI=1S/C10H13N5O/c1-7-14-10(16-15-7)4-5-12-8-2-3-9(11)13-6-8/h2-3,6,12H,4-5H2,1H3,(H2,11,13). The highest BCUT2D eigenvalue weighted by molar-refractivity contribution is 5.45. The maximum Gasteiger partial charge on any atom is 0.228 e. The number of nitrogen functional groups attached to an aromatic ring is 1. The van der Waals surface area contributed by atoms with Gasteiger partial charge in [-0.3, -0.25) is 0 Å². The van der Waals surface area contributed by atoms with Gasteiger partial charge in [-0.15, -0.1) is 0 Å². The molecule has 0 spiro atoms. The Bertz CT molecular complexity index is 450. The molecule has 84 valence electrons. The van der Waals surface area contributed by atoms with Gasteiger partial charge in [0.05, 0.1) is 11.9 Å². The van der Waals surface area contributed by atoms with Crippen LogP contribution in [0.15, 0.2) is 22.9 Å². The zero-order chi connectivity index (χ0) is 11.4. The molecule has 0 aliphatic rings. The highest BCUT2D eigenvalue weighted by atomic mass is 16.5. The summed E-state index contributed by atoms with van der Waals surface area (Å²) in [7, 11) is 0. The molecular formula is C10H13N5O. The first-order valence-corrected chi connectivity index (χ1v) is 4.98. The number of nitrogens with one attached hydrogen (secondary N) is 1. The van der Waals surface area contributed by atoms with Crippen LogP contribution in [0.1, 0.15) is 11.7 Å². The molecule has 0 amide bonds. The van der Waals surface area contributed by atoms with Gasteiger partial charge < -0.3 is 15.6 Å². The second kappa shape index (κ2) is 4.61. The summed E-state index contributed by atoms with van der Waals surface area (Å²) in [5, 5.41) is 6.89. The van der Waals surface area contributed by atoms with E-state index in [2.05, 4.69) is 20.4 Å². The van der Waals surface area contributed by atoms with Crippen molar-refractivity contribution in [2.45, 2.75) is 13.3 Å². The third kappa shape index (κ3) is 2.69. The van der Waals surface area contributed by atoms with Gasteiger partial charge in [-0.2, -0.15) is 4.98 Å². The number of nitrogens with two attached hydrogens (primary N) is 1. The average Bonchev–Trinajstić information content (AvgIpc) is 2.67. The van der Waals surface area contributed by atoms with E-state index in [-0.39, 0.29) is 0 Å². The average molecular weight is 219 g/mol. The molecule has 0 atom stereocenters. The number of rotatable bonds is 4. The molecular weight excluding hydrogens is 206 g/mol. The van der Waals surface area contributed by atoms with Crippen LogP contribution < -0.4 is 11.1 Å². The van der Waals surface area contributed by atoms with Crippen LogP contribution in [0.5, 0.6) is 0 Å². The topological polar surface area (TPSA) is 89.9 Å². The summed E-state index contributed by atoms with van der Waals surface area (Å²) in [6.45, 7) is 2.51. The van der Waals surface area contributed by atoms with E-state index in [4.69, 9.17) is 10.3 Å². The smallest absolute Gasteiger partial charge is 0.228 e. The van der Waals surface area contributed by atoms with Crippen molar-refractivity contribution in [2.75, 3.05) is 17.6 Å². The number of hydrogen-bond acceptors (Lipinski definition) is 6. The molecule has 0 fully saturated rings. The van der Waals surface area contributed by atoms with Gasteiger partial charge in [0.15, 0.2) is 5.82 Å². The maximum absolute atomic E-state index is 5.48. The van der Waals surface area contributed by atoms with Crippen molar-refractivity contribution >= 4 is 11.5 Å². The number of aromatic nitrogens is 3. The lowest BCUT2D eigenvalue weighted by Gasteiger charge is -2.03. The quantitative estimate of drug-likeness (QED) is 0.797. The molecule has 6 nitrogen and oxygen atoms in total. The number of nitrogens with zero attached hydrogens (tertiary/aromatic N) is 3. The van der Waals surface area contributed by atoms with Crippen LogP contribution in [0, 0.1) is 6.92 Å². The molecule has 3 N–H and O–H groups in total. The number of hydrogen-bond donors (Lipinski definition) is 2. The van der Waals surface area contributed by atoms with Crippen LogP contribution in [0.3, 0.4) is 0 Å². The summed E-state index contributed by atoms with van der Waals surface area (Å²) in [5.41, 5.74) is 6.40. The highest BCUT2D eigenvalue weighted by Gasteiger charge is 2.01. The highest BCUT2D eigenvalue weighted by Crippen LogP contribution is 2.07. The Morgan fingerprint density at radius 2 is 2.31 bits per heavy atom. The van der Waals surface area contributed by atoms with Gasteiger partial charge in [-0.05, 0) is 19.1 Å². The van der Waals surface area contributed by atoms with Crippen LogP contribution in [0.2, 0.25) is 0 Å². The molecule has 0 aromatic carbocycles. The molecule has 2 aromatic heterocycles. The van der Waals surface area contributed by atoms with Gasteiger partial charge in [0, 0.05) is 13.0 Å². The minimum atomic E-state index is 0.512. The Kier molecular flexibility index (Phi) is 3.00. The summed E-state index contributed by atoms with van der Waals surface area (Å²) in [6, 6.07) is 3.63. The maximum atomic E-state index is 5.48. The second-order valence-electron chi connectivity index (χ2n) is 3.38. The first-order valence-electron chi connectivity index (χ1n) is 4.98. The van der Waals surface area contributed by atoms with Crippen LogP contribution >= 0.6 is 0 Å². The van der Waals surface area contributed by atoms with E-state index < -0.39 is 0 Å². The molecule has 2 rings (SSSR count). The van der Waals surface area contributed by atoms with E-state index in [1.807, 2.05) is 6.07 Å². The van der Waals surface area contributed by atoms with E-state index in [0.29, 0.717) is 30.5 Å². The zero-order valence-corrected chi connectivity index (χ0v) is 8.97. The molecule has 0 saturated carbocycles. The van der Waals surface area contributed by atoms with Crippen LogP contribution in [0.4, 0.5) is 11.5 Å². The van der Waals surface area contributed by atoms with Crippen LogP contribution in [-0.2, 0) is 6.42 Å². The molecule has 0 bridgehead atoms. The largest absolute Gasteiger partial charge is 0.384 e. The van der Waals surface area contributed by atoms with Crippen LogP contribution in [-0.4, -0.2) is 21.7 Å². The Balaban J connectivity index is 1.82. The van der Waals surface area contributed by atoms with Gasteiger partial charge >= 0.3 is 0 Å². The van der Waals surface area contributed by atoms with Crippen molar-refractivity contribution in [3.63, 3.8) is 0 Å². The molecule has 2 aromatic rings. The van der Waals surface area contributed by atoms with Crippen molar-refractivity contribution in [1.82, 2.24) is 15.1 Å². The number of anilines is 2. The van der Waals surface area contributed by atoms with E-state index in [0.717, 1.165) is 5.69 Å². The fourth-order valence-corrected chi connectivity index (χ4v) is 1.27. The molecule has 2 heterocycles. The number of aryl methyl sites for hydroxylation is 1. The van der Waals surface area contributed by atoms with Gasteiger partial charge in [0.1, 0.15) is 5.82 Å². The molecule has 0 aliphatic carbocycles. The predicted octanol–water partition coefficient (Wildman–Crippen LogP) is 1.01. The molecule has 0 unspecified atom stereocenters. The normalized spacial score (nSPS) is 10.3. The molecule has 6 heteroatoms. The second-order valence-corrected chi connectivity index (χ2v) is 3.38.